The van der Waals surface area contributed by atoms with Gasteiger partial charge in [-0.25, -0.2) is 4.98 Å². The summed E-state index contributed by atoms with van der Waals surface area (Å²) in [5, 5.41) is 1.19. The predicted molar refractivity (Wildman–Crippen MR) is 99.5 cm³/mol. The quantitative estimate of drug-likeness (QED) is 0.759. The number of hydrogen-bond donors (Lipinski definition) is 2. The fraction of sp³-hybridized carbons (Fsp3) is 0.400. The fourth-order valence-electron chi connectivity index (χ4n) is 3.85. The standard InChI is InChI=1S/C20H22N4O2/c1-26-14-4-5-17-16(8-14)13(9-21-17)10-24-7-6-15-18(11-24)22-19(12-2-3-12)23-20(15)25/h4-5,8-9,12,21H,2-3,6-7,10-11H2,1H3,(H,22,23,25). The lowest BCUT2D eigenvalue weighted by molar-refractivity contribution is 0.241. The van der Waals surface area contributed by atoms with E-state index in [4.69, 9.17) is 9.72 Å². The third kappa shape index (κ3) is 2.70. The van der Waals surface area contributed by atoms with Crippen LogP contribution in [0.3, 0.4) is 0 Å². The third-order valence-corrected chi connectivity index (χ3v) is 5.50. The Kier molecular flexibility index (Phi) is 3.60. The molecule has 0 saturated heterocycles. The lowest BCUT2D eigenvalue weighted by Crippen LogP contribution is -2.35. The zero-order valence-corrected chi connectivity index (χ0v) is 14.8. The number of nitrogens with one attached hydrogen (secondary N) is 2. The number of hydrogen-bond acceptors (Lipinski definition) is 4. The highest BCUT2D eigenvalue weighted by Crippen LogP contribution is 2.38. The SMILES string of the molecule is COc1ccc2[nH]cc(CN3CCc4c(nc(C5CC5)[nH]c4=O)C3)c2c1. The summed E-state index contributed by atoms with van der Waals surface area (Å²) in [6.07, 6.45) is 5.11. The topological polar surface area (TPSA) is 74.0 Å². The van der Waals surface area contributed by atoms with Crippen molar-refractivity contribution in [3.05, 3.63) is 57.4 Å². The number of methoxy groups -OCH3 is 1. The zero-order chi connectivity index (χ0) is 17.7. The molecule has 3 aromatic rings. The summed E-state index contributed by atoms with van der Waals surface area (Å²) in [5.74, 6) is 2.21. The van der Waals surface area contributed by atoms with E-state index >= 15 is 0 Å². The van der Waals surface area contributed by atoms with Crippen LogP contribution in [0.1, 0.15) is 41.4 Å². The Hall–Kier alpha value is -2.60. The van der Waals surface area contributed by atoms with Crippen molar-refractivity contribution in [2.75, 3.05) is 13.7 Å². The molecule has 1 aromatic carbocycles. The van der Waals surface area contributed by atoms with Crippen LogP contribution < -0.4 is 10.3 Å². The van der Waals surface area contributed by atoms with Crippen molar-refractivity contribution in [1.29, 1.82) is 0 Å². The van der Waals surface area contributed by atoms with Crippen molar-refractivity contribution in [2.24, 2.45) is 0 Å². The van der Waals surface area contributed by atoms with Crippen molar-refractivity contribution in [3.63, 3.8) is 0 Å². The Morgan fingerprint density at radius 2 is 2.23 bits per heavy atom. The molecule has 2 aromatic heterocycles. The van der Waals surface area contributed by atoms with Crippen molar-refractivity contribution in [3.8, 4) is 5.75 Å². The number of aromatic nitrogens is 3. The molecule has 134 valence electrons. The van der Waals surface area contributed by atoms with E-state index in [-0.39, 0.29) is 5.56 Å². The van der Waals surface area contributed by atoms with Gasteiger partial charge in [0, 0.05) is 48.2 Å². The van der Waals surface area contributed by atoms with Gasteiger partial charge in [-0.2, -0.15) is 0 Å². The number of ether oxygens (including phenoxy) is 1. The maximum Gasteiger partial charge on any atom is 0.254 e. The number of nitrogens with zero attached hydrogens (tertiary/aromatic N) is 2. The molecular formula is C20H22N4O2. The lowest BCUT2D eigenvalue weighted by atomic mass is 10.0. The smallest absolute Gasteiger partial charge is 0.254 e. The average molecular weight is 350 g/mol. The minimum atomic E-state index is 0.0633. The second-order valence-electron chi connectivity index (χ2n) is 7.34. The highest BCUT2D eigenvalue weighted by atomic mass is 16.5. The molecule has 1 aliphatic heterocycles. The number of H-pyrrole nitrogens is 2. The number of benzene rings is 1. The Morgan fingerprint density at radius 1 is 1.35 bits per heavy atom. The minimum absolute atomic E-state index is 0.0633. The molecule has 6 heteroatoms. The molecule has 1 saturated carbocycles. The predicted octanol–water partition coefficient (Wildman–Crippen LogP) is 2.70. The van der Waals surface area contributed by atoms with Crippen LogP contribution >= 0.6 is 0 Å². The van der Waals surface area contributed by atoms with Gasteiger partial charge in [0.1, 0.15) is 11.6 Å². The van der Waals surface area contributed by atoms with Gasteiger partial charge in [0.2, 0.25) is 0 Å². The lowest BCUT2D eigenvalue weighted by Gasteiger charge is -2.27. The van der Waals surface area contributed by atoms with Crippen LogP contribution in [0.15, 0.2) is 29.2 Å². The largest absolute Gasteiger partial charge is 0.497 e. The molecule has 26 heavy (non-hydrogen) atoms. The second kappa shape index (κ2) is 5.99. The van der Waals surface area contributed by atoms with E-state index < -0.39 is 0 Å². The third-order valence-electron chi connectivity index (χ3n) is 5.50. The van der Waals surface area contributed by atoms with Gasteiger partial charge < -0.3 is 14.7 Å². The summed E-state index contributed by atoms with van der Waals surface area (Å²) >= 11 is 0. The van der Waals surface area contributed by atoms with Gasteiger partial charge in [-0.15, -0.1) is 0 Å². The van der Waals surface area contributed by atoms with Crippen molar-refractivity contribution in [2.45, 2.75) is 38.3 Å². The first-order valence-electron chi connectivity index (χ1n) is 9.19. The van der Waals surface area contributed by atoms with Crippen LogP contribution in [-0.4, -0.2) is 33.5 Å². The second-order valence-corrected chi connectivity index (χ2v) is 7.34. The van der Waals surface area contributed by atoms with Crippen LogP contribution in [-0.2, 0) is 19.5 Å². The van der Waals surface area contributed by atoms with E-state index in [2.05, 4.69) is 27.1 Å². The maximum atomic E-state index is 12.4. The summed E-state index contributed by atoms with van der Waals surface area (Å²) in [4.78, 5) is 25.8. The number of fused-ring (bicyclic) bond motifs is 2. The van der Waals surface area contributed by atoms with Gasteiger partial charge >= 0.3 is 0 Å². The molecule has 0 unspecified atom stereocenters. The van der Waals surface area contributed by atoms with Gasteiger partial charge in [0.05, 0.1) is 12.8 Å². The van der Waals surface area contributed by atoms with E-state index in [1.807, 2.05) is 12.1 Å². The zero-order valence-electron chi connectivity index (χ0n) is 14.8. The number of rotatable bonds is 4. The van der Waals surface area contributed by atoms with Crippen LogP contribution in [0, 0.1) is 0 Å². The molecule has 2 N–H and O–H groups in total. The van der Waals surface area contributed by atoms with Crippen molar-refractivity contribution >= 4 is 10.9 Å². The molecular weight excluding hydrogens is 328 g/mol. The van der Waals surface area contributed by atoms with Gasteiger partial charge in [0.25, 0.3) is 5.56 Å². The average Bonchev–Trinajstić information content (AvgIpc) is 3.44. The first-order chi connectivity index (χ1) is 12.7. The number of aromatic amines is 2. The van der Waals surface area contributed by atoms with E-state index in [0.29, 0.717) is 5.92 Å². The first-order valence-corrected chi connectivity index (χ1v) is 9.19. The minimum Gasteiger partial charge on any atom is -0.497 e. The van der Waals surface area contributed by atoms with Crippen LogP contribution in [0.4, 0.5) is 0 Å². The van der Waals surface area contributed by atoms with Gasteiger partial charge in [-0.05, 0) is 43.0 Å². The highest BCUT2D eigenvalue weighted by molar-refractivity contribution is 5.84. The van der Waals surface area contributed by atoms with Gasteiger partial charge in [-0.1, -0.05) is 0 Å². The van der Waals surface area contributed by atoms with Crippen molar-refractivity contribution in [1.82, 2.24) is 19.9 Å². The van der Waals surface area contributed by atoms with Crippen molar-refractivity contribution < 1.29 is 4.74 Å². The first kappa shape index (κ1) is 15.6. The molecule has 6 nitrogen and oxygen atoms in total. The Bertz CT molecular complexity index is 1030. The summed E-state index contributed by atoms with van der Waals surface area (Å²) < 4.78 is 5.36. The molecule has 3 heterocycles. The molecule has 1 aliphatic carbocycles. The van der Waals surface area contributed by atoms with E-state index in [9.17, 15) is 4.79 Å². The molecule has 0 bridgehead atoms. The Balaban J connectivity index is 1.42. The van der Waals surface area contributed by atoms with E-state index in [1.54, 1.807) is 7.11 Å². The maximum absolute atomic E-state index is 12.4. The summed E-state index contributed by atoms with van der Waals surface area (Å²) in [7, 11) is 1.69. The van der Waals surface area contributed by atoms with E-state index in [0.717, 1.165) is 67.2 Å². The Morgan fingerprint density at radius 3 is 3.04 bits per heavy atom. The molecule has 2 aliphatic rings. The highest BCUT2D eigenvalue weighted by Gasteiger charge is 2.29. The summed E-state index contributed by atoms with van der Waals surface area (Å²) in [5.41, 5.74) is 4.25. The molecule has 0 amide bonds. The van der Waals surface area contributed by atoms with Crippen LogP contribution in [0.5, 0.6) is 5.75 Å². The molecule has 1 fully saturated rings. The van der Waals surface area contributed by atoms with Crippen LogP contribution in [0.25, 0.3) is 10.9 Å². The summed E-state index contributed by atoms with van der Waals surface area (Å²) in [6, 6.07) is 6.09. The normalized spacial score (nSPS) is 17.4. The fourth-order valence-corrected chi connectivity index (χ4v) is 3.85. The van der Waals surface area contributed by atoms with E-state index in [1.165, 1.54) is 10.9 Å². The monoisotopic (exact) mass is 350 g/mol. The van der Waals surface area contributed by atoms with Gasteiger partial charge in [-0.3, -0.25) is 9.69 Å². The molecule has 0 spiro atoms. The molecule has 0 radical (unpaired) electrons. The molecule has 5 rings (SSSR count). The Labute approximate surface area is 151 Å². The summed E-state index contributed by atoms with van der Waals surface area (Å²) in [6.45, 7) is 2.44. The molecule has 0 atom stereocenters. The van der Waals surface area contributed by atoms with Gasteiger partial charge in [0.15, 0.2) is 0 Å². The van der Waals surface area contributed by atoms with Crippen LogP contribution in [0.2, 0.25) is 0 Å².